The first-order chi connectivity index (χ1) is 8.78. The van der Waals surface area contributed by atoms with E-state index in [4.69, 9.17) is 9.26 Å². The van der Waals surface area contributed by atoms with Gasteiger partial charge in [0.15, 0.2) is 5.82 Å². The zero-order chi connectivity index (χ0) is 12.5. The van der Waals surface area contributed by atoms with Crippen molar-refractivity contribution in [2.24, 2.45) is 0 Å². The van der Waals surface area contributed by atoms with Gasteiger partial charge in [0.25, 0.3) is 0 Å². The van der Waals surface area contributed by atoms with Crippen LogP contribution in [-0.4, -0.2) is 65.2 Å². The average Bonchev–Trinajstić information content (AvgIpc) is 2.90. The van der Waals surface area contributed by atoms with Gasteiger partial charge < -0.3 is 9.26 Å². The summed E-state index contributed by atoms with van der Waals surface area (Å²) in [6.07, 6.45) is 0. The normalized spacial score (nSPS) is 30.4. The first-order valence-corrected chi connectivity index (χ1v) is 6.25. The average molecular weight is 252 g/mol. The lowest BCUT2D eigenvalue weighted by Crippen LogP contribution is -2.57. The lowest BCUT2D eigenvalue weighted by molar-refractivity contribution is 0.00780. The molecule has 2 bridgehead atoms. The molecule has 0 saturated carbocycles. The van der Waals surface area contributed by atoms with E-state index in [9.17, 15) is 4.79 Å². The van der Waals surface area contributed by atoms with Crippen molar-refractivity contribution in [1.82, 2.24) is 19.9 Å². The van der Waals surface area contributed by atoms with Crippen LogP contribution >= 0.6 is 0 Å². The van der Waals surface area contributed by atoms with Crippen molar-refractivity contribution in [3.8, 4) is 0 Å². The highest BCUT2D eigenvalue weighted by Gasteiger charge is 2.36. The molecule has 3 aliphatic rings. The van der Waals surface area contributed by atoms with Gasteiger partial charge in [-0.2, -0.15) is 4.98 Å². The molecule has 3 fully saturated rings. The molecule has 3 saturated heterocycles. The molecule has 7 heteroatoms. The quantitative estimate of drug-likeness (QED) is 0.696. The van der Waals surface area contributed by atoms with Crippen molar-refractivity contribution in [2.45, 2.75) is 13.0 Å². The number of carbonyl (C=O) groups is 1. The van der Waals surface area contributed by atoms with E-state index in [1.165, 1.54) is 0 Å². The standard InChI is InChI=1S/C11H16N4O3/c1-2-17-11(16)10-12-9(13-18-10)8-7-14-3-5-15(8)6-4-14/h8H,2-7H2,1H3. The van der Waals surface area contributed by atoms with Crippen molar-refractivity contribution in [3.63, 3.8) is 0 Å². The molecule has 0 spiro atoms. The molecule has 3 aliphatic heterocycles. The van der Waals surface area contributed by atoms with Crippen molar-refractivity contribution >= 4 is 5.97 Å². The summed E-state index contributed by atoms with van der Waals surface area (Å²) >= 11 is 0. The number of fused-ring (bicyclic) bond motifs is 3. The summed E-state index contributed by atoms with van der Waals surface area (Å²) in [5, 5.41) is 3.91. The van der Waals surface area contributed by atoms with Crippen LogP contribution in [0.5, 0.6) is 0 Å². The maximum atomic E-state index is 11.5. The third-order valence-electron chi connectivity index (χ3n) is 3.47. The smallest absolute Gasteiger partial charge is 0.397 e. The SMILES string of the molecule is CCOC(=O)c1nc(C2CN3CCN2CC3)no1. The Morgan fingerprint density at radius 2 is 2.22 bits per heavy atom. The first-order valence-electron chi connectivity index (χ1n) is 6.25. The molecule has 0 aliphatic carbocycles. The van der Waals surface area contributed by atoms with Gasteiger partial charge in [-0.25, -0.2) is 4.79 Å². The number of esters is 1. The van der Waals surface area contributed by atoms with E-state index in [0.717, 1.165) is 32.7 Å². The van der Waals surface area contributed by atoms with E-state index in [0.29, 0.717) is 12.4 Å². The molecular weight excluding hydrogens is 236 g/mol. The third-order valence-corrected chi connectivity index (χ3v) is 3.47. The molecule has 0 radical (unpaired) electrons. The third kappa shape index (κ3) is 1.99. The van der Waals surface area contributed by atoms with Crippen LogP contribution in [0.25, 0.3) is 0 Å². The maximum absolute atomic E-state index is 11.5. The van der Waals surface area contributed by atoms with Crippen molar-refractivity contribution in [3.05, 3.63) is 11.7 Å². The lowest BCUT2D eigenvalue weighted by Gasteiger charge is -2.46. The van der Waals surface area contributed by atoms with E-state index in [1.54, 1.807) is 6.92 Å². The zero-order valence-corrected chi connectivity index (χ0v) is 10.3. The number of ether oxygens (including phenoxy) is 1. The number of piperazine rings is 3. The van der Waals surface area contributed by atoms with E-state index in [1.807, 2.05) is 0 Å². The maximum Gasteiger partial charge on any atom is 0.397 e. The molecule has 7 nitrogen and oxygen atoms in total. The van der Waals surface area contributed by atoms with Crippen LogP contribution in [0.4, 0.5) is 0 Å². The number of aromatic nitrogens is 2. The van der Waals surface area contributed by atoms with Crippen LogP contribution < -0.4 is 0 Å². The Morgan fingerprint density at radius 1 is 1.44 bits per heavy atom. The van der Waals surface area contributed by atoms with Gasteiger partial charge in [-0.15, -0.1) is 0 Å². The van der Waals surface area contributed by atoms with Gasteiger partial charge in [-0.05, 0) is 6.92 Å². The van der Waals surface area contributed by atoms with Gasteiger partial charge in [0.1, 0.15) is 0 Å². The Kier molecular flexibility index (Phi) is 3.00. The second kappa shape index (κ2) is 4.66. The van der Waals surface area contributed by atoms with E-state index >= 15 is 0 Å². The highest BCUT2D eigenvalue weighted by molar-refractivity contribution is 5.83. The van der Waals surface area contributed by atoms with Gasteiger partial charge in [0.05, 0.1) is 12.6 Å². The summed E-state index contributed by atoms with van der Waals surface area (Å²) in [4.78, 5) is 20.3. The Bertz CT molecular complexity index is 439. The van der Waals surface area contributed by atoms with Crippen LogP contribution in [0, 0.1) is 0 Å². The summed E-state index contributed by atoms with van der Waals surface area (Å²) in [6.45, 7) is 7.19. The summed E-state index contributed by atoms with van der Waals surface area (Å²) in [5.41, 5.74) is 0. The molecule has 4 rings (SSSR count). The molecular formula is C11H16N4O3. The number of rotatable bonds is 3. The molecule has 1 unspecified atom stereocenters. The molecule has 0 amide bonds. The Morgan fingerprint density at radius 3 is 2.83 bits per heavy atom. The van der Waals surface area contributed by atoms with Crippen LogP contribution in [0.3, 0.4) is 0 Å². The van der Waals surface area contributed by atoms with Gasteiger partial charge in [0.2, 0.25) is 0 Å². The summed E-state index contributed by atoms with van der Waals surface area (Å²) in [6, 6.07) is 0.138. The summed E-state index contributed by atoms with van der Waals surface area (Å²) in [5.74, 6) is -0.0144. The number of hydrogen-bond acceptors (Lipinski definition) is 7. The molecule has 0 aromatic carbocycles. The molecule has 1 aromatic heterocycles. The molecule has 98 valence electrons. The van der Waals surface area contributed by atoms with E-state index < -0.39 is 5.97 Å². The molecule has 1 aromatic rings. The number of hydrogen-bond donors (Lipinski definition) is 0. The van der Waals surface area contributed by atoms with Crippen LogP contribution in [0.15, 0.2) is 4.52 Å². The fourth-order valence-corrected chi connectivity index (χ4v) is 2.51. The topological polar surface area (TPSA) is 71.7 Å². The summed E-state index contributed by atoms with van der Waals surface area (Å²) in [7, 11) is 0. The van der Waals surface area contributed by atoms with Gasteiger partial charge in [0, 0.05) is 32.7 Å². The van der Waals surface area contributed by atoms with E-state index in [2.05, 4.69) is 19.9 Å². The van der Waals surface area contributed by atoms with Gasteiger partial charge >= 0.3 is 11.9 Å². The van der Waals surface area contributed by atoms with Crippen LogP contribution in [0.1, 0.15) is 29.5 Å². The minimum Gasteiger partial charge on any atom is -0.459 e. The number of carbonyl (C=O) groups excluding carboxylic acids is 1. The Labute approximate surface area is 105 Å². The first kappa shape index (κ1) is 11.6. The second-order valence-electron chi connectivity index (χ2n) is 4.53. The van der Waals surface area contributed by atoms with Crippen LogP contribution in [0.2, 0.25) is 0 Å². The predicted octanol–water partition coefficient (Wildman–Crippen LogP) is -0.0814. The fourth-order valence-electron chi connectivity index (χ4n) is 2.51. The molecule has 4 heterocycles. The minimum absolute atomic E-state index is 0.0514. The number of nitrogens with zero attached hydrogens (tertiary/aromatic N) is 4. The van der Waals surface area contributed by atoms with Gasteiger partial charge in [-0.3, -0.25) is 9.80 Å². The highest BCUT2D eigenvalue weighted by atomic mass is 16.6. The monoisotopic (exact) mass is 252 g/mol. The summed E-state index contributed by atoms with van der Waals surface area (Å²) < 4.78 is 9.79. The molecule has 0 N–H and O–H groups in total. The molecule has 1 atom stereocenters. The van der Waals surface area contributed by atoms with Crippen molar-refractivity contribution < 1.29 is 14.1 Å². The van der Waals surface area contributed by atoms with Crippen LogP contribution in [-0.2, 0) is 4.74 Å². The van der Waals surface area contributed by atoms with Gasteiger partial charge in [-0.1, -0.05) is 5.16 Å². The second-order valence-corrected chi connectivity index (χ2v) is 4.53. The predicted molar refractivity (Wildman–Crippen MR) is 61.0 cm³/mol. The fraction of sp³-hybridized carbons (Fsp3) is 0.727. The lowest BCUT2D eigenvalue weighted by atomic mass is 10.1. The largest absolute Gasteiger partial charge is 0.459 e. The Balaban J connectivity index is 1.75. The minimum atomic E-state index is -0.549. The highest BCUT2D eigenvalue weighted by Crippen LogP contribution is 2.26. The Hall–Kier alpha value is -1.47. The molecule has 18 heavy (non-hydrogen) atoms. The van der Waals surface area contributed by atoms with Crippen molar-refractivity contribution in [1.29, 1.82) is 0 Å². The zero-order valence-electron chi connectivity index (χ0n) is 10.3. The van der Waals surface area contributed by atoms with Crippen molar-refractivity contribution in [2.75, 3.05) is 39.3 Å². The van der Waals surface area contributed by atoms with E-state index in [-0.39, 0.29) is 11.9 Å².